The normalized spacial score (nSPS) is 17.2. The third kappa shape index (κ3) is 3.98. The molecular weight excluding hydrogens is 218 g/mol. The molecule has 2 rings (SSSR count). The summed E-state index contributed by atoms with van der Waals surface area (Å²) in [5.74, 6) is 0.424. The molecule has 0 unspecified atom stereocenters. The molecule has 0 aliphatic carbocycles. The number of ether oxygens (including phenoxy) is 1. The molecule has 1 aliphatic rings. The molecule has 0 N–H and O–H groups in total. The molecule has 17 heavy (non-hydrogen) atoms. The van der Waals surface area contributed by atoms with E-state index in [9.17, 15) is 4.79 Å². The van der Waals surface area contributed by atoms with Crippen LogP contribution in [-0.2, 0) is 11.2 Å². The van der Waals surface area contributed by atoms with Crippen LogP contribution in [-0.4, -0.2) is 44.0 Å². The molecular formula is C13H19NO3. The summed E-state index contributed by atoms with van der Waals surface area (Å²) in [6, 6.07) is 1.82. The molecule has 1 aromatic rings. The SMILES string of the molecule is O=Cc1cc(CCCCN2CCOCC2)co1. The maximum absolute atomic E-state index is 10.4. The number of furan rings is 1. The van der Waals surface area contributed by atoms with Crippen molar-refractivity contribution in [2.45, 2.75) is 19.3 Å². The van der Waals surface area contributed by atoms with Crippen molar-refractivity contribution in [3.8, 4) is 0 Å². The van der Waals surface area contributed by atoms with Crippen molar-refractivity contribution in [2.75, 3.05) is 32.8 Å². The Bertz CT molecular complexity index is 342. The van der Waals surface area contributed by atoms with Gasteiger partial charge in [-0.05, 0) is 37.4 Å². The number of carbonyl (C=O) groups excluding carboxylic acids is 1. The van der Waals surface area contributed by atoms with Crippen LogP contribution in [0.15, 0.2) is 16.7 Å². The lowest BCUT2D eigenvalue weighted by Gasteiger charge is -2.26. The Kier molecular flexibility index (Phi) is 4.76. The summed E-state index contributed by atoms with van der Waals surface area (Å²) in [5.41, 5.74) is 1.12. The molecule has 0 saturated carbocycles. The number of carbonyl (C=O) groups is 1. The topological polar surface area (TPSA) is 42.7 Å². The number of aryl methyl sites for hydroxylation is 1. The molecule has 4 heteroatoms. The van der Waals surface area contributed by atoms with Crippen LogP contribution < -0.4 is 0 Å². The van der Waals surface area contributed by atoms with Crippen LogP contribution in [0.3, 0.4) is 0 Å². The third-order valence-electron chi connectivity index (χ3n) is 3.08. The summed E-state index contributed by atoms with van der Waals surface area (Å²) in [7, 11) is 0. The average Bonchev–Trinajstić information content (AvgIpc) is 2.84. The minimum atomic E-state index is 0.424. The fourth-order valence-electron chi connectivity index (χ4n) is 2.08. The number of morpholine rings is 1. The third-order valence-corrected chi connectivity index (χ3v) is 3.08. The molecule has 1 aromatic heterocycles. The van der Waals surface area contributed by atoms with E-state index in [1.165, 1.54) is 6.42 Å². The molecule has 0 aromatic carbocycles. The lowest BCUT2D eigenvalue weighted by molar-refractivity contribution is 0.0372. The molecule has 1 aliphatic heterocycles. The number of rotatable bonds is 6. The van der Waals surface area contributed by atoms with Gasteiger partial charge < -0.3 is 9.15 Å². The second kappa shape index (κ2) is 6.57. The first kappa shape index (κ1) is 12.3. The van der Waals surface area contributed by atoms with Gasteiger partial charge in [0.15, 0.2) is 12.0 Å². The van der Waals surface area contributed by atoms with E-state index >= 15 is 0 Å². The zero-order chi connectivity index (χ0) is 11.9. The van der Waals surface area contributed by atoms with Crippen LogP contribution in [0.5, 0.6) is 0 Å². The maximum atomic E-state index is 10.4. The first-order valence-corrected chi connectivity index (χ1v) is 6.21. The molecule has 1 fully saturated rings. The number of hydrogen-bond acceptors (Lipinski definition) is 4. The van der Waals surface area contributed by atoms with Gasteiger partial charge in [0.05, 0.1) is 19.5 Å². The Morgan fingerprint density at radius 2 is 2.12 bits per heavy atom. The Balaban J connectivity index is 1.60. The fourth-order valence-corrected chi connectivity index (χ4v) is 2.08. The quantitative estimate of drug-likeness (QED) is 0.558. The second-order valence-corrected chi connectivity index (χ2v) is 4.39. The summed E-state index contributed by atoms with van der Waals surface area (Å²) in [4.78, 5) is 12.9. The molecule has 1 saturated heterocycles. The van der Waals surface area contributed by atoms with Gasteiger partial charge in [0, 0.05) is 13.1 Å². The highest BCUT2D eigenvalue weighted by Gasteiger charge is 2.09. The first-order chi connectivity index (χ1) is 8.38. The Morgan fingerprint density at radius 1 is 1.29 bits per heavy atom. The predicted molar refractivity (Wildman–Crippen MR) is 64.3 cm³/mol. The van der Waals surface area contributed by atoms with E-state index in [0.29, 0.717) is 5.76 Å². The molecule has 0 amide bonds. The van der Waals surface area contributed by atoms with Crippen LogP contribution in [0.4, 0.5) is 0 Å². The lowest BCUT2D eigenvalue weighted by Crippen LogP contribution is -2.36. The van der Waals surface area contributed by atoms with Crippen LogP contribution in [0, 0.1) is 0 Å². The van der Waals surface area contributed by atoms with Crippen molar-refractivity contribution in [3.05, 3.63) is 23.7 Å². The van der Waals surface area contributed by atoms with Crippen LogP contribution in [0.2, 0.25) is 0 Å². The van der Waals surface area contributed by atoms with E-state index in [1.807, 2.05) is 6.07 Å². The zero-order valence-corrected chi connectivity index (χ0v) is 10.1. The van der Waals surface area contributed by atoms with E-state index in [-0.39, 0.29) is 0 Å². The summed E-state index contributed by atoms with van der Waals surface area (Å²) in [6.07, 6.45) is 5.73. The molecule has 0 spiro atoms. The molecule has 0 bridgehead atoms. The monoisotopic (exact) mass is 237 g/mol. The van der Waals surface area contributed by atoms with Gasteiger partial charge in [0.25, 0.3) is 0 Å². The van der Waals surface area contributed by atoms with Gasteiger partial charge in [-0.2, -0.15) is 0 Å². The highest BCUT2D eigenvalue weighted by atomic mass is 16.5. The fraction of sp³-hybridized carbons (Fsp3) is 0.615. The second-order valence-electron chi connectivity index (χ2n) is 4.39. The zero-order valence-electron chi connectivity index (χ0n) is 10.1. The van der Waals surface area contributed by atoms with Gasteiger partial charge in [-0.15, -0.1) is 0 Å². The molecule has 0 radical (unpaired) electrons. The summed E-state index contributed by atoms with van der Waals surface area (Å²) < 4.78 is 10.4. The van der Waals surface area contributed by atoms with E-state index in [1.54, 1.807) is 6.26 Å². The standard InChI is InChI=1S/C13H19NO3/c15-10-13-9-12(11-17-13)3-1-2-4-14-5-7-16-8-6-14/h9-11H,1-8H2. The predicted octanol–water partition coefficient (Wildman–Crippen LogP) is 1.75. The molecule has 2 heterocycles. The van der Waals surface area contributed by atoms with Gasteiger partial charge in [-0.25, -0.2) is 0 Å². The summed E-state index contributed by atoms with van der Waals surface area (Å²) >= 11 is 0. The Labute approximate surface area is 102 Å². The van der Waals surface area contributed by atoms with Gasteiger partial charge in [-0.3, -0.25) is 9.69 Å². The van der Waals surface area contributed by atoms with Crippen molar-refractivity contribution in [2.24, 2.45) is 0 Å². The van der Waals surface area contributed by atoms with Crippen LogP contribution >= 0.6 is 0 Å². The van der Waals surface area contributed by atoms with E-state index in [2.05, 4.69) is 4.90 Å². The van der Waals surface area contributed by atoms with Gasteiger partial charge in [0.1, 0.15) is 0 Å². The number of unbranched alkanes of at least 4 members (excludes halogenated alkanes) is 1. The van der Waals surface area contributed by atoms with Crippen molar-refractivity contribution < 1.29 is 13.9 Å². The maximum Gasteiger partial charge on any atom is 0.185 e. The smallest absolute Gasteiger partial charge is 0.185 e. The van der Waals surface area contributed by atoms with Crippen LogP contribution in [0.25, 0.3) is 0 Å². The first-order valence-electron chi connectivity index (χ1n) is 6.21. The largest absolute Gasteiger partial charge is 0.461 e. The van der Waals surface area contributed by atoms with Gasteiger partial charge in [0.2, 0.25) is 0 Å². The van der Waals surface area contributed by atoms with Crippen molar-refractivity contribution in [1.82, 2.24) is 4.90 Å². The van der Waals surface area contributed by atoms with E-state index in [4.69, 9.17) is 9.15 Å². The summed E-state index contributed by atoms with van der Waals surface area (Å²) in [6.45, 7) is 4.98. The number of nitrogens with zero attached hydrogens (tertiary/aromatic N) is 1. The highest BCUT2D eigenvalue weighted by Crippen LogP contribution is 2.10. The molecule has 94 valence electrons. The van der Waals surface area contributed by atoms with E-state index < -0.39 is 0 Å². The Hall–Kier alpha value is -1.13. The van der Waals surface area contributed by atoms with E-state index in [0.717, 1.165) is 57.5 Å². The van der Waals surface area contributed by atoms with Crippen molar-refractivity contribution in [3.63, 3.8) is 0 Å². The average molecular weight is 237 g/mol. The Morgan fingerprint density at radius 3 is 2.82 bits per heavy atom. The summed E-state index contributed by atoms with van der Waals surface area (Å²) in [5, 5.41) is 0. The van der Waals surface area contributed by atoms with Crippen molar-refractivity contribution in [1.29, 1.82) is 0 Å². The van der Waals surface area contributed by atoms with Crippen molar-refractivity contribution >= 4 is 6.29 Å². The van der Waals surface area contributed by atoms with Gasteiger partial charge in [-0.1, -0.05) is 0 Å². The number of hydrogen-bond donors (Lipinski definition) is 0. The van der Waals surface area contributed by atoms with Crippen LogP contribution in [0.1, 0.15) is 29.0 Å². The molecule has 0 atom stereocenters. The minimum Gasteiger partial charge on any atom is -0.461 e. The molecule has 4 nitrogen and oxygen atoms in total. The number of aldehydes is 1. The minimum absolute atomic E-state index is 0.424. The lowest BCUT2D eigenvalue weighted by atomic mass is 10.1. The highest BCUT2D eigenvalue weighted by molar-refractivity contribution is 5.70. The van der Waals surface area contributed by atoms with Gasteiger partial charge >= 0.3 is 0 Å².